The van der Waals surface area contributed by atoms with Crippen molar-refractivity contribution < 1.29 is 9.53 Å². The Bertz CT molecular complexity index is 259. The summed E-state index contributed by atoms with van der Waals surface area (Å²) in [7, 11) is 0. The van der Waals surface area contributed by atoms with Crippen LogP contribution in [-0.2, 0) is 16.0 Å². The average molecular weight is 213 g/mol. The molecule has 0 aromatic carbocycles. The molecule has 0 atom stereocenters. The van der Waals surface area contributed by atoms with Gasteiger partial charge in [-0.1, -0.05) is 0 Å². The summed E-state index contributed by atoms with van der Waals surface area (Å²) in [5, 5.41) is 6.93. The van der Waals surface area contributed by atoms with Gasteiger partial charge in [-0.15, -0.1) is 0 Å². The molecule has 78 valence electrons. The molecule has 14 heavy (non-hydrogen) atoms. The highest BCUT2D eigenvalue weighted by Crippen LogP contribution is 2.05. The second-order valence-electron chi connectivity index (χ2n) is 2.87. The van der Waals surface area contributed by atoms with Crippen molar-refractivity contribution in [3.63, 3.8) is 0 Å². The molecule has 0 unspecified atom stereocenters. The monoisotopic (exact) mass is 213 g/mol. The van der Waals surface area contributed by atoms with E-state index >= 15 is 0 Å². The van der Waals surface area contributed by atoms with Gasteiger partial charge in [0, 0.05) is 13.2 Å². The minimum Gasteiger partial charge on any atom is -0.372 e. The van der Waals surface area contributed by atoms with E-state index in [0.717, 1.165) is 6.42 Å². The summed E-state index contributed by atoms with van der Waals surface area (Å²) in [6, 6.07) is 2.07. The number of hydrogen-bond donors (Lipinski definition) is 1. The normalized spacial score (nSPS) is 10.1. The zero-order valence-corrected chi connectivity index (χ0v) is 9.10. The molecular formula is C10H15NO2S. The SMILES string of the molecule is CCOCC(=O)NCCc1ccsc1. The largest absolute Gasteiger partial charge is 0.372 e. The van der Waals surface area contributed by atoms with E-state index in [1.807, 2.05) is 12.3 Å². The maximum atomic E-state index is 11.1. The van der Waals surface area contributed by atoms with Crippen LogP contribution in [0.5, 0.6) is 0 Å². The van der Waals surface area contributed by atoms with Crippen LogP contribution in [0.4, 0.5) is 0 Å². The molecule has 0 aliphatic rings. The number of ether oxygens (including phenoxy) is 1. The van der Waals surface area contributed by atoms with Gasteiger partial charge in [0.05, 0.1) is 0 Å². The second-order valence-corrected chi connectivity index (χ2v) is 3.65. The lowest BCUT2D eigenvalue weighted by Gasteiger charge is -2.03. The summed E-state index contributed by atoms with van der Waals surface area (Å²) in [5.41, 5.74) is 1.27. The van der Waals surface area contributed by atoms with Crippen molar-refractivity contribution in [1.29, 1.82) is 0 Å². The van der Waals surface area contributed by atoms with Crippen molar-refractivity contribution in [1.82, 2.24) is 5.32 Å². The fraction of sp³-hybridized carbons (Fsp3) is 0.500. The summed E-state index contributed by atoms with van der Waals surface area (Å²) in [4.78, 5) is 11.1. The van der Waals surface area contributed by atoms with Crippen molar-refractivity contribution in [2.45, 2.75) is 13.3 Å². The highest BCUT2D eigenvalue weighted by Gasteiger charge is 1.99. The van der Waals surface area contributed by atoms with Crippen LogP contribution >= 0.6 is 11.3 Å². The quantitative estimate of drug-likeness (QED) is 0.776. The molecule has 1 heterocycles. The van der Waals surface area contributed by atoms with Gasteiger partial charge in [-0.2, -0.15) is 11.3 Å². The molecular weight excluding hydrogens is 198 g/mol. The lowest BCUT2D eigenvalue weighted by atomic mass is 10.2. The van der Waals surface area contributed by atoms with Crippen molar-refractivity contribution in [3.05, 3.63) is 22.4 Å². The summed E-state index contributed by atoms with van der Waals surface area (Å²) in [5.74, 6) is -0.0397. The first-order chi connectivity index (χ1) is 6.83. The van der Waals surface area contributed by atoms with Crippen LogP contribution in [0, 0.1) is 0 Å². The third-order valence-corrected chi connectivity index (χ3v) is 2.49. The van der Waals surface area contributed by atoms with Gasteiger partial charge in [-0.25, -0.2) is 0 Å². The fourth-order valence-electron chi connectivity index (χ4n) is 1.03. The van der Waals surface area contributed by atoms with Gasteiger partial charge < -0.3 is 10.1 Å². The van der Waals surface area contributed by atoms with E-state index in [1.54, 1.807) is 11.3 Å². The van der Waals surface area contributed by atoms with Gasteiger partial charge in [0.25, 0.3) is 0 Å². The molecule has 0 aliphatic carbocycles. The van der Waals surface area contributed by atoms with Gasteiger partial charge in [0.2, 0.25) is 5.91 Å². The molecule has 0 bridgehead atoms. The van der Waals surface area contributed by atoms with Crippen LogP contribution in [0.25, 0.3) is 0 Å². The maximum Gasteiger partial charge on any atom is 0.246 e. The number of carbonyl (C=O) groups excluding carboxylic acids is 1. The third-order valence-electron chi connectivity index (χ3n) is 1.75. The highest BCUT2D eigenvalue weighted by atomic mass is 32.1. The molecule has 0 fully saturated rings. The van der Waals surface area contributed by atoms with Crippen molar-refractivity contribution in [2.24, 2.45) is 0 Å². The fourth-order valence-corrected chi connectivity index (χ4v) is 1.73. The van der Waals surface area contributed by atoms with E-state index < -0.39 is 0 Å². The molecule has 1 amide bonds. The van der Waals surface area contributed by atoms with E-state index in [4.69, 9.17) is 4.74 Å². The molecule has 0 radical (unpaired) electrons. The number of rotatable bonds is 6. The molecule has 1 N–H and O–H groups in total. The molecule has 0 spiro atoms. The first-order valence-electron chi connectivity index (χ1n) is 4.68. The van der Waals surface area contributed by atoms with Crippen molar-refractivity contribution in [2.75, 3.05) is 19.8 Å². The summed E-state index contributed by atoms with van der Waals surface area (Å²) >= 11 is 1.67. The molecule has 0 saturated carbocycles. The zero-order chi connectivity index (χ0) is 10.2. The number of carbonyl (C=O) groups is 1. The average Bonchev–Trinajstić information content (AvgIpc) is 2.67. The first-order valence-corrected chi connectivity index (χ1v) is 5.62. The van der Waals surface area contributed by atoms with E-state index in [2.05, 4.69) is 16.8 Å². The van der Waals surface area contributed by atoms with Crippen molar-refractivity contribution >= 4 is 17.2 Å². The van der Waals surface area contributed by atoms with E-state index in [0.29, 0.717) is 13.2 Å². The smallest absolute Gasteiger partial charge is 0.246 e. The second kappa shape index (κ2) is 6.56. The zero-order valence-electron chi connectivity index (χ0n) is 8.29. The standard InChI is InChI=1S/C10H15NO2S/c1-2-13-7-10(12)11-5-3-9-4-6-14-8-9/h4,6,8H,2-3,5,7H2,1H3,(H,11,12). The van der Waals surface area contributed by atoms with Gasteiger partial charge >= 0.3 is 0 Å². The van der Waals surface area contributed by atoms with E-state index in [-0.39, 0.29) is 12.5 Å². The molecule has 1 rings (SSSR count). The summed E-state index contributed by atoms with van der Waals surface area (Å²) < 4.78 is 4.97. The van der Waals surface area contributed by atoms with Gasteiger partial charge in [0.15, 0.2) is 0 Å². The first kappa shape index (κ1) is 11.2. The van der Waals surface area contributed by atoms with E-state index in [1.165, 1.54) is 5.56 Å². The molecule has 0 saturated heterocycles. The molecule has 3 nitrogen and oxygen atoms in total. The van der Waals surface area contributed by atoms with Crippen LogP contribution in [0.3, 0.4) is 0 Å². The number of amides is 1. The lowest BCUT2D eigenvalue weighted by Crippen LogP contribution is -2.29. The van der Waals surface area contributed by atoms with Crippen molar-refractivity contribution in [3.8, 4) is 0 Å². The summed E-state index contributed by atoms with van der Waals surface area (Å²) in [6.07, 6.45) is 0.890. The van der Waals surface area contributed by atoms with Crippen LogP contribution in [0.15, 0.2) is 16.8 Å². The number of thiophene rings is 1. The number of hydrogen-bond acceptors (Lipinski definition) is 3. The Balaban J connectivity index is 2.06. The van der Waals surface area contributed by atoms with Gasteiger partial charge in [0.1, 0.15) is 6.61 Å². The lowest BCUT2D eigenvalue weighted by molar-refractivity contribution is -0.125. The van der Waals surface area contributed by atoms with Crippen LogP contribution in [-0.4, -0.2) is 25.7 Å². The van der Waals surface area contributed by atoms with Crippen LogP contribution < -0.4 is 5.32 Å². The topological polar surface area (TPSA) is 38.3 Å². The maximum absolute atomic E-state index is 11.1. The Morgan fingerprint density at radius 3 is 3.14 bits per heavy atom. The Morgan fingerprint density at radius 2 is 2.50 bits per heavy atom. The Labute approximate surface area is 88.1 Å². The Hall–Kier alpha value is -0.870. The number of nitrogens with one attached hydrogen (secondary N) is 1. The molecule has 1 aromatic heterocycles. The third kappa shape index (κ3) is 4.39. The Morgan fingerprint density at radius 1 is 1.64 bits per heavy atom. The van der Waals surface area contributed by atoms with Crippen LogP contribution in [0.1, 0.15) is 12.5 Å². The molecule has 4 heteroatoms. The molecule has 0 aliphatic heterocycles. The van der Waals surface area contributed by atoms with E-state index in [9.17, 15) is 4.79 Å². The predicted octanol–water partition coefficient (Wildman–Crippen LogP) is 1.44. The molecule has 1 aromatic rings. The van der Waals surface area contributed by atoms with Gasteiger partial charge in [-0.05, 0) is 35.7 Å². The van der Waals surface area contributed by atoms with Gasteiger partial charge in [-0.3, -0.25) is 4.79 Å². The minimum absolute atomic E-state index is 0.0397. The van der Waals surface area contributed by atoms with Crippen LogP contribution in [0.2, 0.25) is 0 Å². The predicted molar refractivity (Wildman–Crippen MR) is 57.5 cm³/mol. The minimum atomic E-state index is -0.0397. The summed E-state index contributed by atoms with van der Waals surface area (Å²) in [6.45, 7) is 3.30. The highest BCUT2D eigenvalue weighted by molar-refractivity contribution is 7.07. The Kier molecular flexibility index (Phi) is 5.25.